The van der Waals surface area contributed by atoms with E-state index in [4.69, 9.17) is 4.98 Å². The molecule has 4 nitrogen and oxygen atoms in total. The zero-order chi connectivity index (χ0) is 11.8. The highest BCUT2D eigenvalue weighted by Crippen LogP contribution is 2.36. The molecule has 0 saturated heterocycles. The van der Waals surface area contributed by atoms with Crippen LogP contribution in [0.1, 0.15) is 29.5 Å². The van der Waals surface area contributed by atoms with Gasteiger partial charge in [-0.2, -0.15) is 0 Å². The first-order chi connectivity index (χ1) is 8.29. The van der Waals surface area contributed by atoms with Crippen molar-refractivity contribution in [2.45, 2.75) is 25.3 Å². The second-order valence-electron chi connectivity index (χ2n) is 4.45. The van der Waals surface area contributed by atoms with E-state index < -0.39 is 0 Å². The van der Waals surface area contributed by atoms with Gasteiger partial charge in [0.05, 0.1) is 30.0 Å². The van der Waals surface area contributed by atoms with Gasteiger partial charge in [-0.3, -0.25) is 0 Å². The molecule has 0 spiro atoms. The Morgan fingerprint density at radius 1 is 1.53 bits per heavy atom. The first-order valence-corrected chi connectivity index (χ1v) is 6.75. The third-order valence-electron chi connectivity index (χ3n) is 3.34. The van der Waals surface area contributed by atoms with E-state index in [-0.39, 0.29) is 0 Å². The van der Waals surface area contributed by atoms with Crippen molar-refractivity contribution in [1.82, 2.24) is 19.9 Å². The topological polar surface area (TPSA) is 42.7 Å². The van der Waals surface area contributed by atoms with Gasteiger partial charge in [-0.15, -0.1) is 11.3 Å². The summed E-state index contributed by atoms with van der Waals surface area (Å²) in [7, 11) is 4.03. The molecule has 5 heteroatoms. The first-order valence-electron chi connectivity index (χ1n) is 5.93. The average Bonchev–Trinajstić information content (AvgIpc) is 2.93. The maximum atomic E-state index is 4.80. The van der Waals surface area contributed by atoms with Crippen molar-refractivity contribution in [2.75, 3.05) is 7.05 Å². The molecule has 1 atom stereocenters. The molecule has 3 rings (SSSR count). The predicted molar refractivity (Wildman–Crippen MR) is 69.1 cm³/mol. The van der Waals surface area contributed by atoms with Gasteiger partial charge in [0.15, 0.2) is 0 Å². The second-order valence-corrected chi connectivity index (χ2v) is 5.53. The number of fused-ring (bicyclic) bond motifs is 1. The number of thiazole rings is 1. The Labute approximate surface area is 105 Å². The fourth-order valence-corrected chi connectivity index (χ4v) is 3.59. The zero-order valence-corrected chi connectivity index (χ0v) is 10.9. The first kappa shape index (κ1) is 10.9. The fraction of sp³-hybridized carbons (Fsp3) is 0.500. The van der Waals surface area contributed by atoms with Crippen LogP contribution in [0.25, 0.3) is 10.7 Å². The number of imidazole rings is 1. The van der Waals surface area contributed by atoms with E-state index in [9.17, 15) is 0 Å². The number of hydrogen-bond acceptors (Lipinski definition) is 4. The molecule has 1 N–H and O–H groups in total. The smallest absolute Gasteiger partial charge is 0.142 e. The Morgan fingerprint density at radius 2 is 2.41 bits per heavy atom. The van der Waals surface area contributed by atoms with E-state index in [1.807, 2.05) is 42.5 Å². The van der Waals surface area contributed by atoms with Crippen molar-refractivity contribution in [3.8, 4) is 10.7 Å². The minimum absolute atomic E-state index is 0.428. The average molecular weight is 248 g/mol. The summed E-state index contributed by atoms with van der Waals surface area (Å²) >= 11 is 1.81. The Hall–Kier alpha value is -1.20. The number of nitrogens with one attached hydrogen (secondary N) is 1. The molecule has 2 aromatic heterocycles. The minimum Gasteiger partial charge on any atom is -0.332 e. The van der Waals surface area contributed by atoms with Crippen LogP contribution in [0.2, 0.25) is 0 Å². The van der Waals surface area contributed by atoms with Crippen molar-refractivity contribution in [2.24, 2.45) is 7.05 Å². The molecule has 0 amide bonds. The van der Waals surface area contributed by atoms with Crippen LogP contribution in [0.15, 0.2) is 12.5 Å². The number of hydrogen-bond donors (Lipinski definition) is 1. The molecule has 0 fully saturated rings. The Balaban J connectivity index is 2.04. The van der Waals surface area contributed by atoms with Crippen molar-refractivity contribution in [3.63, 3.8) is 0 Å². The summed E-state index contributed by atoms with van der Waals surface area (Å²) < 4.78 is 2.03. The quantitative estimate of drug-likeness (QED) is 0.885. The van der Waals surface area contributed by atoms with Gasteiger partial charge in [0.2, 0.25) is 0 Å². The molecule has 0 aliphatic heterocycles. The normalized spacial score (nSPS) is 19.3. The summed E-state index contributed by atoms with van der Waals surface area (Å²) in [6.07, 6.45) is 7.33. The number of aryl methyl sites for hydroxylation is 2. The van der Waals surface area contributed by atoms with Gasteiger partial charge in [-0.25, -0.2) is 9.97 Å². The van der Waals surface area contributed by atoms with E-state index in [1.54, 1.807) is 0 Å². The molecule has 2 aromatic rings. The van der Waals surface area contributed by atoms with Gasteiger partial charge >= 0.3 is 0 Å². The van der Waals surface area contributed by atoms with Crippen molar-refractivity contribution in [1.29, 1.82) is 0 Å². The van der Waals surface area contributed by atoms with E-state index in [2.05, 4.69) is 10.3 Å². The summed E-state index contributed by atoms with van der Waals surface area (Å²) in [6, 6.07) is 0.428. The molecule has 0 saturated carbocycles. The van der Waals surface area contributed by atoms with Crippen LogP contribution in [0.3, 0.4) is 0 Å². The molecular weight excluding hydrogens is 232 g/mol. The Bertz CT molecular complexity index is 528. The molecule has 0 aromatic carbocycles. The summed E-state index contributed by atoms with van der Waals surface area (Å²) in [4.78, 5) is 10.4. The molecule has 2 heterocycles. The van der Waals surface area contributed by atoms with Crippen LogP contribution in [-0.4, -0.2) is 21.6 Å². The Kier molecular flexibility index (Phi) is 2.72. The van der Waals surface area contributed by atoms with Gasteiger partial charge in [0.25, 0.3) is 0 Å². The van der Waals surface area contributed by atoms with Crippen LogP contribution in [-0.2, 0) is 13.5 Å². The molecule has 1 aliphatic rings. The lowest BCUT2D eigenvalue weighted by Gasteiger charge is -2.19. The van der Waals surface area contributed by atoms with Crippen molar-refractivity contribution in [3.05, 3.63) is 23.1 Å². The SMILES string of the molecule is CNC1CCCc2sc(-c3cncn3C)nc21. The third-order valence-corrected chi connectivity index (χ3v) is 4.49. The predicted octanol–water partition coefficient (Wildman–Crippen LogP) is 2.14. The lowest BCUT2D eigenvalue weighted by Crippen LogP contribution is -2.21. The van der Waals surface area contributed by atoms with Crippen LogP contribution >= 0.6 is 11.3 Å². The van der Waals surface area contributed by atoms with E-state index >= 15 is 0 Å². The molecule has 0 bridgehead atoms. The largest absolute Gasteiger partial charge is 0.332 e. The van der Waals surface area contributed by atoms with Crippen molar-refractivity contribution < 1.29 is 0 Å². The fourth-order valence-electron chi connectivity index (χ4n) is 2.37. The summed E-state index contributed by atoms with van der Waals surface area (Å²) in [5.74, 6) is 0. The molecule has 1 unspecified atom stereocenters. The molecule has 17 heavy (non-hydrogen) atoms. The highest BCUT2D eigenvalue weighted by atomic mass is 32.1. The van der Waals surface area contributed by atoms with Crippen LogP contribution in [0.4, 0.5) is 0 Å². The highest BCUT2D eigenvalue weighted by molar-refractivity contribution is 7.15. The maximum Gasteiger partial charge on any atom is 0.142 e. The van der Waals surface area contributed by atoms with Gasteiger partial charge < -0.3 is 9.88 Å². The molecule has 90 valence electrons. The van der Waals surface area contributed by atoms with Crippen LogP contribution in [0.5, 0.6) is 0 Å². The van der Waals surface area contributed by atoms with E-state index in [0.29, 0.717) is 6.04 Å². The van der Waals surface area contributed by atoms with Gasteiger partial charge in [0, 0.05) is 11.9 Å². The number of rotatable bonds is 2. The Morgan fingerprint density at radius 3 is 3.12 bits per heavy atom. The zero-order valence-electron chi connectivity index (χ0n) is 10.1. The van der Waals surface area contributed by atoms with E-state index in [0.717, 1.165) is 10.7 Å². The van der Waals surface area contributed by atoms with Crippen molar-refractivity contribution >= 4 is 11.3 Å². The second kappa shape index (κ2) is 4.23. The monoisotopic (exact) mass is 248 g/mol. The standard InChI is InChI=1S/C12H16N4S/c1-13-8-4-3-5-10-11(8)15-12(17-10)9-6-14-7-16(9)2/h6-8,13H,3-5H2,1-2H3. The minimum atomic E-state index is 0.428. The van der Waals surface area contributed by atoms with Gasteiger partial charge in [-0.05, 0) is 26.3 Å². The maximum absolute atomic E-state index is 4.80. The van der Waals surface area contributed by atoms with Crippen LogP contribution < -0.4 is 5.32 Å². The van der Waals surface area contributed by atoms with E-state index in [1.165, 1.54) is 29.8 Å². The summed E-state index contributed by atoms with van der Waals surface area (Å²) in [5.41, 5.74) is 2.36. The van der Waals surface area contributed by atoms with Gasteiger partial charge in [-0.1, -0.05) is 0 Å². The number of nitrogens with zero attached hydrogens (tertiary/aromatic N) is 3. The summed E-state index contributed by atoms with van der Waals surface area (Å²) in [5, 5.41) is 4.45. The molecule has 0 radical (unpaired) electrons. The molecular formula is C12H16N4S. The molecule has 1 aliphatic carbocycles. The van der Waals surface area contributed by atoms with Gasteiger partial charge in [0.1, 0.15) is 5.01 Å². The lowest BCUT2D eigenvalue weighted by molar-refractivity contribution is 0.490. The highest BCUT2D eigenvalue weighted by Gasteiger charge is 2.24. The third kappa shape index (κ3) is 1.79. The number of aromatic nitrogens is 3. The lowest BCUT2D eigenvalue weighted by atomic mass is 9.98. The van der Waals surface area contributed by atoms with Crippen LogP contribution in [0, 0.1) is 0 Å². The summed E-state index contributed by atoms with van der Waals surface area (Å²) in [6.45, 7) is 0.